The third-order valence-electron chi connectivity index (χ3n) is 5.30. The highest BCUT2D eigenvalue weighted by Crippen LogP contribution is 2.31. The number of nitrogens with one attached hydrogen (secondary N) is 1. The van der Waals surface area contributed by atoms with E-state index in [2.05, 4.69) is 5.32 Å². The Morgan fingerprint density at radius 3 is 2.50 bits per heavy atom. The Bertz CT molecular complexity index is 989. The summed E-state index contributed by atoms with van der Waals surface area (Å²) in [6.45, 7) is 2.33. The van der Waals surface area contributed by atoms with Crippen LogP contribution in [0, 0.1) is 6.92 Å². The van der Waals surface area contributed by atoms with Gasteiger partial charge in [-0.15, -0.1) is 0 Å². The van der Waals surface area contributed by atoms with E-state index in [0.29, 0.717) is 30.2 Å². The Morgan fingerprint density at radius 1 is 1.10 bits per heavy atom. The maximum absolute atomic E-state index is 13.2. The van der Waals surface area contributed by atoms with Crippen LogP contribution in [0.15, 0.2) is 47.4 Å². The van der Waals surface area contributed by atoms with E-state index in [1.54, 1.807) is 49.6 Å². The zero-order valence-electron chi connectivity index (χ0n) is 17.6. The number of piperidine rings is 1. The van der Waals surface area contributed by atoms with E-state index in [9.17, 15) is 13.2 Å². The molecule has 30 heavy (non-hydrogen) atoms. The van der Waals surface area contributed by atoms with E-state index < -0.39 is 10.0 Å². The first kappa shape index (κ1) is 22.1. The van der Waals surface area contributed by atoms with Gasteiger partial charge in [-0.25, -0.2) is 8.42 Å². The van der Waals surface area contributed by atoms with Crippen molar-refractivity contribution in [2.24, 2.45) is 0 Å². The van der Waals surface area contributed by atoms with Crippen LogP contribution in [0.5, 0.6) is 11.5 Å². The average Bonchev–Trinajstić information content (AvgIpc) is 2.74. The Balaban J connectivity index is 1.75. The lowest BCUT2D eigenvalue weighted by Gasteiger charge is -2.34. The molecule has 0 unspecified atom stereocenters. The van der Waals surface area contributed by atoms with E-state index in [0.717, 1.165) is 18.4 Å². The predicted molar refractivity (Wildman–Crippen MR) is 116 cm³/mol. The van der Waals surface area contributed by atoms with Crippen LogP contribution in [0.2, 0.25) is 0 Å². The Kier molecular flexibility index (Phi) is 6.99. The average molecular weight is 433 g/mol. The predicted octanol–water partition coefficient (Wildman–Crippen LogP) is 3.58. The van der Waals surface area contributed by atoms with Crippen molar-refractivity contribution in [1.82, 2.24) is 4.31 Å². The second-order valence-corrected chi connectivity index (χ2v) is 9.29. The fourth-order valence-corrected chi connectivity index (χ4v) is 5.35. The first-order chi connectivity index (χ1) is 14.3. The number of hydrogen-bond donors (Lipinski definition) is 1. The second-order valence-electron chi connectivity index (χ2n) is 7.40. The fourth-order valence-electron chi connectivity index (χ4n) is 3.66. The number of carbonyl (C=O) groups is 1. The topological polar surface area (TPSA) is 84.9 Å². The van der Waals surface area contributed by atoms with Crippen molar-refractivity contribution < 1.29 is 22.7 Å². The number of hydrogen-bond acceptors (Lipinski definition) is 5. The van der Waals surface area contributed by atoms with E-state index in [1.165, 1.54) is 11.4 Å². The quantitative estimate of drug-likeness (QED) is 0.723. The molecule has 0 bridgehead atoms. The second kappa shape index (κ2) is 9.49. The van der Waals surface area contributed by atoms with Gasteiger partial charge in [0.15, 0.2) is 0 Å². The van der Waals surface area contributed by atoms with Crippen molar-refractivity contribution >= 4 is 21.6 Å². The van der Waals surface area contributed by atoms with Gasteiger partial charge >= 0.3 is 0 Å². The molecule has 1 saturated heterocycles. The number of anilines is 1. The molecule has 3 rings (SSSR count). The minimum atomic E-state index is -3.66. The minimum Gasteiger partial charge on any atom is -0.497 e. The zero-order valence-corrected chi connectivity index (χ0v) is 18.4. The minimum absolute atomic E-state index is 0.0836. The highest BCUT2D eigenvalue weighted by Gasteiger charge is 2.34. The van der Waals surface area contributed by atoms with Crippen LogP contribution in [-0.2, 0) is 14.8 Å². The zero-order chi connectivity index (χ0) is 21.7. The molecule has 0 spiro atoms. The van der Waals surface area contributed by atoms with Crippen LogP contribution in [0.1, 0.15) is 31.2 Å². The molecule has 1 N–H and O–H groups in total. The number of methoxy groups -OCH3 is 2. The van der Waals surface area contributed by atoms with Gasteiger partial charge < -0.3 is 14.8 Å². The fraction of sp³-hybridized carbons (Fsp3) is 0.409. The van der Waals surface area contributed by atoms with Crippen LogP contribution in [-0.4, -0.2) is 45.4 Å². The van der Waals surface area contributed by atoms with Crippen molar-refractivity contribution in [2.75, 3.05) is 26.1 Å². The summed E-state index contributed by atoms with van der Waals surface area (Å²) in [7, 11) is -0.586. The van der Waals surface area contributed by atoms with Gasteiger partial charge in [-0.05, 0) is 44.0 Å². The molecule has 2 aromatic carbocycles. The molecule has 0 saturated carbocycles. The summed E-state index contributed by atoms with van der Waals surface area (Å²) < 4.78 is 38.3. The van der Waals surface area contributed by atoms with Crippen LogP contribution in [0.25, 0.3) is 0 Å². The SMILES string of the molecule is COc1ccc(NC(=O)C[C@@H]2CCCCN2S(=O)(=O)c2ccc(C)cc2)c(OC)c1. The van der Waals surface area contributed by atoms with Gasteiger partial charge in [0.25, 0.3) is 0 Å². The first-order valence-electron chi connectivity index (χ1n) is 9.95. The number of ether oxygens (including phenoxy) is 2. The van der Waals surface area contributed by atoms with Crippen molar-refractivity contribution in [3.8, 4) is 11.5 Å². The Hall–Kier alpha value is -2.58. The molecule has 1 fully saturated rings. The summed E-state index contributed by atoms with van der Waals surface area (Å²) in [6.07, 6.45) is 2.41. The van der Waals surface area contributed by atoms with Gasteiger partial charge in [0, 0.05) is 25.1 Å². The summed E-state index contributed by atoms with van der Waals surface area (Å²) in [4.78, 5) is 13.0. The molecule has 1 heterocycles. The number of sulfonamides is 1. The summed E-state index contributed by atoms with van der Waals surface area (Å²) in [5.74, 6) is 0.845. The third-order valence-corrected chi connectivity index (χ3v) is 7.27. The van der Waals surface area contributed by atoms with Gasteiger partial charge in [0.1, 0.15) is 11.5 Å². The molecule has 1 atom stereocenters. The van der Waals surface area contributed by atoms with E-state index >= 15 is 0 Å². The number of amides is 1. The van der Waals surface area contributed by atoms with E-state index in [-0.39, 0.29) is 23.3 Å². The molecular weight excluding hydrogens is 404 g/mol. The van der Waals surface area contributed by atoms with Crippen LogP contribution >= 0.6 is 0 Å². The number of nitrogens with zero attached hydrogens (tertiary/aromatic N) is 1. The Morgan fingerprint density at radius 2 is 1.83 bits per heavy atom. The van der Waals surface area contributed by atoms with Crippen molar-refractivity contribution in [2.45, 2.75) is 43.5 Å². The summed E-state index contributed by atoms with van der Waals surface area (Å²) in [5.41, 5.74) is 1.52. The number of aryl methyl sites for hydroxylation is 1. The Labute approximate surface area is 178 Å². The molecule has 0 aromatic heterocycles. The largest absolute Gasteiger partial charge is 0.497 e. The molecule has 7 nitrogen and oxygen atoms in total. The van der Waals surface area contributed by atoms with Crippen molar-refractivity contribution in [3.05, 3.63) is 48.0 Å². The summed E-state index contributed by atoms with van der Waals surface area (Å²) >= 11 is 0. The highest BCUT2D eigenvalue weighted by molar-refractivity contribution is 7.89. The van der Waals surface area contributed by atoms with Gasteiger partial charge in [-0.1, -0.05) is 24.1 Å². The molecular formula is C22H28N2O5S. The monoisotopic (exact) mass is 432 g/mol. The molecule has 1 aliphatic heterocycles. The van der Waals surface area contributed by atoms with Crippen molar-refractivity contribution in [1.29, 1.82) is 0 Å². The smallest absolute Gasteiger partial charge is 0.243 e. The maximum Gasteiger partial charge on any atom is 0.243 e. The lowest BCUT2D eigenvalue weighted by molar-refractivity contribution is -0.117. The number of carbonyl (C=O) groups excluding carboxylic acids is 1. The standard InChI is InChI=1S/C22H28N2O5S/c1-16-7-10-19(11-8-16)30(26,27)24-13-5-4-6-17(24)14-22(25)23-20-12-9-18(28-2)15-21(20)29-3/h7-12,15,17H,4-6,13-14H2,1-3H3,(H,23,25)/t17-/m0/s1. The van der Waals surface area contributed by atoms with Crippen LogP contribution in [0.4, 0.5) is 5.69 Å². The third kappa shape index (κ3) is 4.94. The molecule has 2 aromatic rings. The number of benzene rings is 2. The van der Waals surface area contributed by atoms with Gasteiger partial charge in [-0.3, -0.25) is 4.79 Å². The van der Waals surface area contributed by atoms with Gasteiger partial charge in [0.05, 0.1) is 24.8 Å². The molecule has 162 valence electrons. The molecule has 8 heteroatoms. The van der Waals surface area contributed by atoms with Crippen LogP contribution in [0.3, 0.4) is 0 Å². The molecule has 0 radical (unpaired) electrons. The van der Waals surface area contributed by atoms with Crippen molar-refractivity contribution in [3.63, 3.8) is 0 Å². The van der Waals surface area contributed by atoms with Crippen LogP contribution < -0.4 is 14.8 Å². The lowest BCUT2D eigenvalue weighted by atomic mass is 10.0. The summed E-state index contributed by atoms with van der Waals surface area (Å²) in [6, 6.07) is 11.6. The van der Waals surface area contributed by atoms with E-state index in [4.69, 9.17) is 9.47 Å². The molecule has 0 aliphatic carbocycles. The lowest BCUT2D eigenvalue weighted by Crippen LogP contribution is -2.45. The van der Waals surface area contributed by atoms with Gasteiger partial charge in [0.2, 0.25) is 15.9 Å². The van der Waals surface area contributed by atoms with E-state index in [1.807, 2.05) is 6.92 Å². The molecule has 1 aliphatic rings. The normalized spacial score (nSPS) is 17.4. The first-order valence-corrected chi connectivity index (χ1v) is 11.4. The van der Waals surface area contributed by atoms with Gasteiger partial charge in [-0.2, -0.15) is 4.31 Å². The number of rotatable bonds is 7. The summed E-state index contributed by atoms with van der Waals surface area (Å²) in [5, 5.41) is 2.84. The molecule has 1 amide bonds. The highest BCUT2D eigenvalue weighted by atomic mass is 32.2. The maximum atomic E-state index is 13.2.